The van der Waals surface area contributed by atoms with Crippen LogP contribution in [0.15, 0.2) is 4.52 Å². The van der Waals surface area contributed by atoms with Gasteiger partial charge in [0.2, 0.25) is 11.7 Å². The smallest absolute Gasteiger partial charge is 0.247 e. The molecule has 0 saturated carbocycles. The predicted molar refractivity (Wildman–Crippen MR) is 77.4 cm³/mol. The number of hydrogen-bond acceptors (Lipinski definition) is 5. The van der Waals surface area contributed by atoms with Gasteiger partial charge in [-0.1, -0.05) is 25.4 Å². The maximum Gasteiger partial charge on any atom is 0.247 e. The molecule has 5 heteroatoms. The van der Waals surface area contributed by atoms with E-state index in [1.807, 2.05) is 13.8 Å². The Labute approximate surface area is 121 Å². The van der Waals surface area contributed by atoms with E-state index in [4.69, 9.17) is 9.26 Å². The highest BCUT2D eigenvalue weighted by atomic mass is 16.5. The quantitative estimate of drug-likeness (QED) is 0.832. The van der Waals surface area contributed by atoms with Crippen LogP contribution in [0, 0.1) is 0 Å². The summed E-state index contributed by atoms with van der Waals surface area (Å²) >= 11 is 0. The molecule has 1 fully saturated rings. The van der Waals surface area contributed by atoms with Gasteiger partial charge in [0.05, 0.1) is 5.54 Å². The summed E-state index contributed by atoms with van der Waals surface area (Å²) in [5.74, 6) is 1.40. The van der Waals surface area contributed by atoms with Crippen molar-refractivity contribution in [2.24, 2.45) is 0 Å². The van der Waals surface area contributed by atoms with Crippen molar-refractivity contribution in [3.8, 4) is 0 Å². The van der Waals surface area contributed by atoms with E-state index in [0.29, 0.717) is 12.4 Å². The maximum atomic E-state index is 5.83. The van der Waals surface area contributed by atoms with Gasteiger partial charge in [-0.25, -0.2) is 0 Å². The fourth-order valence-corrected chi connectivity index (χ4v) is 3.01. The Morgan fingerprint density at radius 3 is 2.75 bits per heavy atom. The molecule has 0 radical (unpaired) electrons. The molecule has 0 aromatic carbocycles. The van der Waals surface area contributed by atoms with Gasteiger partial charge in [0, 0.05) is 6.61 Å². The monoisotopic (exact) mass is 281 g/mol. The Kier molecular flexibility index (Phi) is 4.81. The number of aromatic nitrogens is 2. The average Bonchev–Trinajstić information content (AvgIpc) is 3.08. The van der Waals surface area contributed by atoms with Crippen molar-refractivity contribution in [3.05, 3.63) is 11.7 Å². The number of hydrogen-bond donors (Lipinski definition) is 1. The van der Waals surface area contributed by atoms with Crippen LogP contribution in [-0.2, 0) is 15.9 Å². The lowest BCUT2D eigenvalue weighted by Gasteiger charge is -2.25. The first-order valence-electron chi connectivity index (χ1n) is 7.84. The van der Waals surface area contributed by atoms with E-state index in [1.54, 1.807) is 0 Å². The molecule has 5 nitrogen and oxygen atoms in total. The molecular formula is C15H27N3O2. The van der Waals surface area contributed by atoms with E-state index in [9.17, 15) is 0 Å². The van der Waals surface area contributed by atoms with Gasteiger partial charge in [0.1, 0.15) is 5.60 Å². The van der Waals surface area contributed by atoms with Gasteiger partial charge in [-0.2, -0.15) is 4.98 Å². The van der Waals surface area contributed by atoms with Crippen LogP contribution in [0.4, 0.5) is 0 Å². The molecule has 0 amide bonds. The van der Waals surface area contributed by atoms with Crippen LogP contribution in [0.5, 0.6) is 0 Å². The van der Waals surface area contributed by atoms with Crippen molar-refractivity contribution in [2.45, 2.75) is 70.9 Å². The third-order valence-electron chi connectivity index (χ3n) is 4.37. The maximum absolute atomic E-state index is 5.83. The standard InChI is InChI=1S/C15H27N3O2/c1-5-9-15(10-8-11-16-15)13-17-12(18-20-13)14(4,6-2)19-7-3/h16H,5-11H2,1-4H3. The van der Waals surface area contributed by atoms with E-state index in [-0.39, 0.29) is 5.54 Å². The second kappa shape index (κ2) is 6.22. The average molecular weight is 281 g/mol. The first kappa shape index (κ1) is 15.4. The van der Waals surface area contributed by atoms with Gasteiger partial charge in [-0.15, -0.1) is 0 Å². The number of nitrogens with one attached hydrogen (secondary N) is 1. The molecule has 2 atom stereocenters. The van der Waals surface area contributed by atoms with Crippen LogP contribution in [0.25, 0.3) is 0 Å². The van der Waals surface area contributed by atoms with Gasteiger partial charge < -0.3 is 14.6 Å². The summed E-state index contributed by atoms with van der Waals surface area (Å²) in [5, 5.41) is 7.76. The molecule has 1 aliphatic heterocycles. The summed E-state index contributed by atoms with van der Waals surface area (Å²) in [7, 11) is 0. The molecule has 1 aromatic rings. The molecule has 20 heavy (non-hydrogen) atoms. The van der Waals surface area contributed by atoms with Gasteiger partial charge in [0.15, 0.2) is 0 Å². The van der Waals surface area contributed by atoms with Crippen molar-refractivity contribution in [1.82, 2.24) is 15.5 Å². The molecule has 0 bridgehead atoms. The van der Waals surface area contributed by atoms with Crippen molar-refractivity contribution in [1.29, 1.82) is 0 Å². The van der Waals surface area contributed by atoms with Crippen LogP contribution >= 0.6 is 0 Å². The summed E-state index contributed by atoms with van der Waals surface area (Å²) in [4.78, 5) is 4.68. The largest absolute Gasteiger partial charge is 0.367 e. The topological polar surface area (TPSA) is 60.2 Å². The van der Waals surface area contributed by atoms with E-state index in [1.165, 1.54) is 0 Å². The summed E-state index contributed by atoms with van der Waals surface area (Å²) in [5.41, 5.74) is -0.580. The molecule has 0 spiro atoms. The van der Waals surface area contributed by atoms with Gasteiger partial charge in [-0.3, -0.25) is 0 Å². The van der Waals surface area contributed by atoms with E-state index in [2.05, 4.69) is 29.3 Å². The molecule has 0 aliphatic carbocycles. The van der Waals surface area contributed by atoms with Crippen molar-refractivity contribution in [3.63, 3.8) is 0 Å². The molecular weight excluding hydrogens is 254 g/mol. The number of ether oxygens (including phenoxy) is 1. The van der Waals surface area contributed by atoms with Crippen molar-refractivity contribution >= 4 is 0 Å². The second-order valence-corrected chi connectivity index (χ2v) is 5.80. The zero-order valence-corrected chi connectivity index (χ0v) is 13.2. The van der Waals surface area contributed by atoms with E-state index >= 15 is 0 Å². The van der Waals surface area contributed by atoms with Crippen LogP contribution < -0.4 is 5.32 Å². The Balaban J connectivity index is 2.27. The molecule has 1 aromatic heterocycles. The first-order valence-corrected chi connectivity index (χ1v) is 7.84. The normalized spacial score (nSPS) is 25.8. The minimum Gasteiger partial charge on any atom is -0.367 e. The summed E-state index contributed by atoms with van der Waals surface area (Å²) in [6.07, 6.45) is 5.19. The van der Waals surface area contributed by atoms with Crippen LogP contribution in [0.1, 0.15) is 71.5 Å². The van der Waals surface area contributed by atoms with Gasteiger partial charge in [0.25, 0.3) is 0 Å². The summed E-state index contributed by atoms with van der Waals surface area (Å²) in [6.45, 7) is 9.96. The molecule has 2 rings (SSSR count). The zero-order valence-electron chi connectivity index (χ0n) is 13.2. The minimum atomic E-state index is -0.456. The van der Waals surface area contributed by atoms with E-state index in [0.717, 1.165) is 44.5 Å². The van der Waals surface area contributed by atoms with E-state index < -0.39 is 5.60 Å². The number of rotatable bonds is 7. The summed E-state index contributed by atoms with van der Waals surface area (Å²) < 4.78 is 11.4. The highest BCUT2D eigenvalue weighted by Gasteiger charge is 2.41. The SMILES string of the molecule is CCCC1(c2nc(C(C)(CC)OCC)no2)CCCN1. The molecule has 114 valence electrons. The third-order valence-corrected chi connectivity index (χ3v) is 4.37. The van der Waals surface area contributed by atoms with Crippen LogP contribution in [0.2, 0.25) is 0 Å². The Morgan fingerprint density at radius 2 is 2.20 bits per heavy atom. The van der Waals surface area contributed by atoms with Gasteiger partial charge >= 0.3 is 0 Å². The molecule has 1 saturated heterocycles. The third kappa shape index (κ3) is 2.74. The predicted octanol–water partition coefficient (Wildman–Crippen LogP) is 3.11. The molecule has 2 unspecified atom stereocenters. The molecule has 1 N–H and O–H groups in total. The van der Waals surface area contributed by atoms with Crippen molar-refractivity contribution < 1.29 is 9.26 Å². The first-order chi connectivity index (χ1) is 9.60. The van der Waals surface area contributed by atoms with Gasteiger partial charge in [-0.05, 0) is 46.1 Å². The Morgan fingerprint density at radius 1 is 1.40 bits per heavy atom. The van der Waals surface area contributed by atoms with Crippen LogP contribution in [0.3, 0.4) is 0 Å². The molecule has 1 aliphatic rings. The fraction of sp³-hybridized carbons (Fsp3) is 0.867. The lowest BCUT2D eigenvalue weighted by atomic mass is 9.91. The van der Waals surface area contributed by atoms with Crippen molar-refractivity contribution in [2.75, 3.05) is 13.2 Å². The highest BCUT2D eigenvalue weighted by Crippen LogP contribution is 2.36. The van der Waals surface area contributed by atoms with Crippen LogP contribution in [-0.4, -0.2) is 23.3 Å². The highest BCUT2D eigenvalue weighted by molar-refractivity contribution is 5.09. The second-order valence-electron chi connectivity index (χ2n) is 5.80. The molecule has 2 heterocycles. The summed E-state index contributed by atoms with van der Waals surface area (Å²) in [6, 6.07) is 0. The number of nitrogens with zero attached hydrogens (tertiary/aromatic N) is 2. The Bertz CT molecular complexity index is 427. The zero-order chi connectivity index (χ0) is 14.6. The fourth-order valence-electron chi connectivity index (χ4n) is 3.01. The lowest BCUT2D eigenvalue weighted by Crippen LogP contribution is -2.37. The lowest BCUT2D eigenvalue weighted by molar-refractivity contribution is -0.0403. The Hall–Kier alpha value is -0.940. The minimum absolute atomic E-state index is 0.124.